The van der Waals surface area contributed by atoms with Crippen LogP contribution in [0.3, 0.4) is 0 Å². The van der Waals surface area contributed by atoms with E-state index in [1.807, 2.05) is 83.6 Å². The number of para-hydroxylation sites is 1. The molecule has 0 saturated heterocycles. The van der Waals surface area contributed by atoms with Crippen molar-refractivity contribution in [3.63, 3.8) is 0 Å². The summed E-state index contributed by atoms with van der Waals surface area (Å²) in [6, 6.07) is 23.7. The zero-order chi connectivity index (χ0) is 17.2. The van der Waals surface area contributed by atoms with Gasteiger partial charge in [-0.25, -0.2) is 0 Å². The SMILES string of the molecule is Oc1c2c(I)cccc2cn1Cc1ccc(Oc2ccccc2)cc1. The normalized spacial score (nSPS) is 10.9. The Morgan fingerprint density at radius 3 is 2.28 bits per heavy atom. The molecular formula is C21H16INO2. The molecule has 1 heterocycles. The van der Waals surface area contributed by atoms with E-state index in [4.69, 9.17) is 4.74 Å². The minimum Gasteiger partial charge on any atom is -0.494 e. The molecule has 4 aromatic rings. The van der Waals surface area contributed by atoms with Gasteiger partial charge >= 0.3 is 0 Å². The highest BCUT2D eigenvalue weighted by molar-refractivity contribution is 14.1. The molecule has 0 aliphatic carbocycles. The van der Waals surface area contributed by atoms with Crippen LogP contribution in [0.2, 0.25) is 0 Å². The molecule has 0 unspecified atom stereocenters. The Balaban J connectivity index is 1.55. The van der Waals surface area contributed by atoms with Crippen molar-refractivity contribution in [2.45, 2.75) is 6.54 Å². The Labute approximate surface area is 159 Å². The van der Waals surface area contributed by atoms with E-state index in [2.05, 4.69) is 22.6 Å². The van der Waals surface area contributed by atoms with Crippen LogP contribution in [0, 0.1) is 3.57 Å². The number of benzene rings is 3. The molecule has 124 valence electrons. The molecule has 0 amide bonds. The van der Waals surface area contributed by atoms with Crippen molar-refractivity contribution in [2.75, 3.05) is 0 Å². The van der Waals surface area contributed by atoms with Crippen molar-refractivity contribution in [3.05, 3.63) is 88.1 Å². The van der Waals surface area contributed by atoms with Crippen molar-refractivity contribution in [3.8, 4) is 17.4 Å². The van der Waals surface area contributed by atoms with E-state index in [0.717, 1.165) is 31.4 Å². The van der Waals surface area contributed by atoms with E-state index < -0.39 is 0 Å². The van der Waals surface area contributed by atoms with E-state index in [9.17, 15) is 5.11 Å². The number of hydrogen-bond donors (Lipinski definition) is 1. The first-order valence-electron chi connectivity index (χ1n) is 7.99. The number of halogens is 1. The Kier molecular flexibility index (Phi) is 4.36. The van der Waals surface area contributed by atoms with E-state index in [1.165, 1.54) is 0 Å². The Morgan fingerprint density at radius 1 is 0.840 bits per heavy atom. The molecule has 0 atom stereocenters. The minimum atomic E-state index is 0.310. The van der Waals surface area contributed by atoms with Gasteiger partial charge in [0.2, 0.25) is 0 Å². The van der Waals surface area contributed by atoms with Crippen molar-refractivity contribution in [1.82, 2.24) is 4.57 Å². The van der Waals surface area contributed by atoms with Gasteiger partial charge in [-0.2, -0.15) is 0 Å². The molecule has 3 nitrogen and oxygen atoms in total. The van der Waals surface area contributed by atoms with Gasteiger partial charge in [-0.1, -0.05) is 42.5 Å². The number of nitrogens with zero attached hydrogens (tertiary/aromatic N) is 1. The van der Waals surface area contributed by atoms with Crippen LogP contribution >= 0.6 is 22.6 Å². The van der Waals surface area contributed by atoms with Crippen LogP contribution in [-0.4, -0.2) is 9.67 Å². The summed E-state index contributed by atoms with van der Waals surface area (Å²) in [6.45, 7) is 0.613. The molecular weight excluding hydrogens is 425 g/mol. The summed E-state index contributed by atoms with van der Waals surface area (Å²) >= 11 is 2.25. The van der Waals surface area contributed by atoms with Crippen LogP contribution in [0.15, 0.2) is 79.0 Å². The maximum absolute atomic E-state index is 10.5. The first-order valence-corrected chi connectivity index (χ1v) is 9.07. The van der Waals surface area contributed by atoms with Crippen LogP contribution in [0.25, 0.3) is 10.8 Å². The molecule has 1 N–H and O–H groups in total. The highest BCUT2D eigenvalue weighted by atomic mass is 127. The molecule has 0 saturated carbocycles. The van der Waals surface area contributed by atoms with Crippen LogP contribution in [0.1, 0.15) is 5.56 Å². The summed E-state index contributed by atoms with van der Waals surface area (Å²) in [6.07, 6.45) is 1.99. The minimum absolute atomic E-state index is 0.310. The maximum Gasteiger partial charge on any atom is 0.200 e. The Morgan fingerprint density at radius 2 is 1.56 bits per heavy atom. The summed E-state index contributed by atoms with van der Waals surface area (Å²) in [5, 5.41) is 12.5. The van der Waals surface area contributed by atoms with Gasteiger partial charge in [-0.3, -0.25) is 0 Å². The van der Waals surface area contributed by atoms with Crippen molar-refractivity contribution in [1.29, 1.82) is 0 Å². The molecule has 0 bridgehead atoms. The molecule has 25 heavy (non-hydrogen) atoms. The molecule has 1 aromatic heterocycles. The standard InChI is InChI=1S/C21H16INO2/c22-19-8-4-5-16-14-23(21(24)20(16)19)13-15-9-11-18(12-10-15)25-17-6-2-1-3-7-17/h1-12,14,24H,13H2. The smallest absolute Gasteiger partial charge is 0.200 e. The number of aromatic hydroxyl groups is 1. The van der Waals surface area contributed by atoms with E-state index in [1.54, 1.807) is 0 Å². The predicted octanol–water partition coefficient (Wildman–Crippen LogP) is 5.79. The number of hydrogen-bond acceptors (Lipinski definition) is 2. The third-order valence-corrected chi connectivity index (χ3v) is 4.99. The molecule has 0 spiro atoms. The number of aromatic nitrogens is 1. The molecule has 3 aromatic carbocycles. The fraction of sp³-hybridized carbons (Fsp3) is 0.0476. The third-order valence-electron chi connectivity index (χ3n) is 4.09. The lowest BCUT2D eigenvalue weighted by Gasteiger charge is -2.08. The highest BCUT2D eigenvalue weighted by Crippen LogP contribution is 2.32. The van der Waals surface area contributed by atoms with Gasteiger partial charge in [0.1, 0.15) is 11.5 Å². The molecule has 0 aliphatic heterocycles. The van der Waals surface area contributed by atoms with Gasteiger partial charge in [-0.05, 0) is 58.5 Å². The second-order valence-corrected chi connectivity index (χ2v) is 7.01. The Hall–Kier alpha value is -2.47. The highest BCUT2D eigenvalue weighted by Gasteiger charge is 2.11. The van der Waals surface area contributed by atoms with Gasteiger partial charge in [0.05, 0.1) is 11.9 Å². The zero-order valence-electron chi connectivity index (χ0n) is 13.4. The van der Waals surface area contributed by atoms with E-state index >= 15 is 0 Å². The quantitative estimate of drug-likeness (QED) is 0.407. The lowest BCUT2D eigenvalue weighted by Crippen LogP contribution is -1.97. The van der Waals surface area contributed by atoms with Crippen molar-refractivity contribution < 1.29 is 9.84 Å². The second kappa shape index (κ2) is 6.80. The van der Waals surface area contributed by atoms with Gasteiger partial charge in [0, 0.05) is 15.2 Å². The van der Waals surface area contributed by atoms with Crippen LogP contribution in [0.5, 0.6) is 17.4 Å². The summed E-state index contributed by atoms with van der Waals surface area (Å²) in [5.41, 5.74) is 1.10. The van der Waals surface area contributed by atoms with Gasteiger partial charge in [-0.15, -0.1) is 0 Å². The molecule has 4 rings (SSSR count). The molecule has 0 fully saturated rings. The fourth-order valence-corrected chi connectivity index (χ4v) is 3.62. The second-order valence-electron chi connectivity index (χ2n) is 5.84. The number of ether oxygens (including phenoxy) is 1. The molecule has 0 aliphatic rings. The summed E-state index contributed by atoms with van der Waals surface area (Å²) < 4.78 is 8.74. The lowest BCUT2D eigenvalue weighted by molar-refractivity contribution is 0.430. The summed E-state index contributed by atoms with van der Waals surface area (Å²) in [5.74, 6) is 1.93. The fourth-order valence-electron chi connectivity index (χ4n) is 2.86. The molecule has 0 radical (unpaired) electrons. The van der Waals surface area contributed by atoms with Crippen LogP contribution in [-0.2, 0) is 6.54 Å². The van der Waals surface area contributed by atoms with Gasteiger partial charge in [0.25, 0.3) is 0 Å². The Bertz CT molecular complexity index is 1010. The topological polar surface area (TPSA) is 34.4 Å². The lowest BCUT2D eigenvalue weighted by atomic mass is 10.2. The summed E-state index contributed by atoms with van der Waals surface area (Å²) in [7, 11) is 0. The van der Waals surface area contributed by atoms with Crippen molar-refractivity contribution >= 4 is 33.4 Å². The summed E-state index contributed by atoms with van der Waals surface area (Å²) in [4.78, 5) is 0. The first kappa shape index (κ1) is 16.0. The maximum atomic E-state index is 10.5. The zero-order valence-corrected chi connectivity index (χ0v) is 15.6. The molecule has 4 heteroatoms. The monoisotopic (exact) mass is 441 g/mol. The largest absolute Gasteiger partial charge is 0.494 e. The van der Waals surface area contributed by atoms with Crippen LogP contribution in [0.4, 0.5) is 0 Å². The third kappa shape index (κ3) is 3.35. The first-order chi connectivity index (χ1) is 12.2. The average molecular weight is 441 g/mol. The van der Waals surface area contributed by atoms with E-state index in [-0.39, 0.29) is 0 Å². The van der Waals surface area contributed by atoms with E-state index in [0.29, 0.717) is 12.4 Å². The van der Waals surface area contributed by atoms with Gasteiger partial charge < -0.3 is 14.4 Å². The van der Waals surface area contributed by atoms with Gasteiger partial charge in [0.15, 0.2) is 5.88 Å². The number of fused-ring (bicyclic) bond motifs is 1. The van der Waals surface area contributed by atoms with Crippen LogP contribution < -0.4 is 4.74 Å². The predicted molar refractivity (Wildman–Crippen MR) is 108 cm³/mol. The average Bonchev–Trinajstić information content (AvgIpc) is 2.95. The van der Waals surface area contributed by atoms with Crippen molar-refractivity contribution in [2.24, 2.45) is 0 Å². The number of rotatable bonds is 4.